The minimum absolute atomic E-state index is 0.0997. The number of hydrogen-bond acceptors (Lipinski definition) is 6. The quantitative estimate of drug-likeness (QED) is 0.808. The van der Waals surface area contributed by atoms with Crippen molar-refractivity contribution in [2.75, 3.05) is 31.1 Å². The molecule has 0 spiro atoms. The first-order valence-electron chi connectivity index (χ1n) is 8.96. The van der Waals surface area contributed by atoms with Crippen molar-refractivity contribution in [3.8, 4) is 0 Å². The molecule has 8 heteroatoms. The molecule has 2 fully saturated rings. The number of nitrogens with zero attached hydrogens (tertiary/aromatic N) is 6. The van der Waals surface area contributed by atoms with Gasteiger partial charge in [0, 0.05) is 25.6 Å². The van der Waals surface area contributed by atoms with Gasteiger partial charge in [0.2, 0.25) is 5.91 Å². The molecule has 4 heterocycles. The fourth-order valence-electron chi connectivity index (χ4n) is 3.69. The van der Waals surface area contributed by atoms with Crippen LogP contribution in [0, 0.1) is 5.92 Å². The lowest BCUT2D eigenvalue weighted by Gasteiger charge is -2.40. The highest BCUT2D eigenvalue weighted by molar-refractivity contribution is 5.79. The van der Waals surface area contributed by atoms with Gasteiger partial charge >= 0.3 is 0 Å². The Kier molecular flexibility index (Phi) is 4.29. The molecule has 4 rings (SSSR count). The number of piperidine rings is 1. The zero-order valence-electron chi connectivity index (χ0n) is 14.7. The Hall–Kier alpha value is -2.22. The maximum absolute atomic E-state index is 12.9. The third-order valence-corrected chi connectivity index (χ3v) is 5.21. The van der Waals surface area contributed by atoms with E-state index in [0.29, 0.717) is 13.2 Å². The molecule has 2 aromatic heterocycles. The van der Waals surface area contributed by atoms with Crippen molar-refractivity contribution in [2.45, 2.75) is 38.8 Å². The second-order valence-electron chi connectivity index (χ2n) is 7.07. The third-order valence-electron chi connectivity index (χ3n) is 5.21. The van der Waals surface area contributed by atoms with Crippen LogP contribution < -0.4 is 4.90 Å². The molecular weight excluding hydrogens is 320 g/mol. The van der Waals surface area contributed by atoms with Gasteiger partial charge in [0.25, 0.3) is 0 Å². The van der Waals surface area contributed by atoms with Crippen LogP contribution in [-0.2, 0) is 9.53 Å². The summed E-state index contributed by atoms with van der Waals surface area (Å²) in [6.07, 6.45) is 3.45. The highest BCUT2D eigenvalue weighted by Gasteiger charge is 2.34. The zero-order valence-corrected chi connectivity index (χ0v) is 14.7. The molecule has 2 aliphatic rings. The normalized spacial score (nSPS) is 25.5. The smallest absolute Gasteiger partial charge is 0.226 e. The first-order chi connectivity index (χ1) is 12.1. The third kappa shape index (κ3) is 3.18. The zero-order chi connectivity index (χ0) is 17.4. The summed E-state index contributed by atoms with van der Waals surface area (Å²) < 4.78 is 7.32. The monoisotopic (exact) mass is 344 g/mol. The lowest BCUT2D eigenvalue weighted by Crippen LogP contribution is -2.53. The first-order valence-corrected chi connectivity index (χ1v) is 8.96. The van der Waals surface area contributed by atoms with Gasteiger partial charge in [0.1, 0.15) is 12.1 Å². The fraction of sp³-hybridized carbons (Fsp3) is 0.647. The van der Waals surface area contributed by atoms with E-state index in [1.54, 1.807) is 10.8 Å². The van der Waals surface area contributed by atoms with Crippen LogP contribution in [0.3, 0.4) is 0 Å². The van der Waals surface area contributed by atoms with Crippen LogP contribution in [0.4, 0.5) is 5.82 Å². The van der Waals surface area contributed by atoms with Crippen molar-refractivity contribution in [1.29, 1.82) is 0 Å². The van der Waals surface area contributed by atoms with Crippen molar-refractivity contribution in [3.63, 3.8) is 0 Å². The average molecular weight is 344 g/mol. The molecule has 134 valence electrons. The predicted molar refractivity (Wildman–Crippen MR) is 92.3 cm³/mol. The fourth-order valence-corrected chi connectivity index (χ4v) is 3.69. The summed E-state index contributed by atoms with van der Waals surface area (Å²) in [5, 5.41) is 12.4. The number of amides is 1. The number of carbonyl (C=O) groups is 1. The summed E-state index contributed by atoms with van der Waals surface area (Å²) in [5.74, 6) is 1.29. The summed E-state index contributed by atoms with van der Waals surface area (Å²) in [7, 11) is 0. The molecule has 0 aliphatic carbocycles. The number of aromatic nitrogens is 4. The second kappa shape index (κ2) is 6.59. The van der Waals surface area contributed by atoms with Crippen LogP contribution >= 0.6 is 0 Å². The van der Waals surface area contributed by atoms with Gasteiger partial charge in [-0.25, -0.2) is 0 Å². The minimum Gasteiger partial charge on any atom is -0.375 e. The van der Waals surface area contributed by atoms with Gasteiger partial charge in [-0.05, 0) is 38.8 Å². The van der Waals surface area contributed by atoms with E-state index < -0.39 is 0 Å². The molecule has 2 aromatic rings. The van der Waals surface area contributed by atoms with Gasteiger partial charge in [-0.2, -0.15) is 4.52 Å². The van der Waals surface area contributed by atoms with Crippen molar-refractivity contribution in [3.05, 3.63) is 18.5 Å². The minimum atomic E-state index is 0.0997. The van der Waals surface area contributed by atoms with Gasteiger partial charge in [-0.1, -0.05) is 0 Å². The van der Waals surface area contributed by atoms with Crippen LogP contribution in [0.15, 0.2) is 18.5 Å². The van der Waals surface area contributed by atoms with Gasteiger partial charge in [-0.15, -0.1) is 15.3 Å². The molecular formula is C17H24N6O2. The van der Waals surface area contributed by atoms with Crippen LogP contribution in [0.5, 0.6) is 0 Å². The van der Waals surface area contributed by atoms with E-state index in [-0.39, 0.29) is 24.0 Å². The van der Waals surface area contributed by atoms with Crippen LogP contribution in [0.25, 0.3) is 5.65 Å². The lowest BCUT2D eigenvalue weighted by molar-refractivity contribution is -0.148. The topological polar surface area (TPSA) is 75.9 Å². The van der Waals surface area contributed by atoms with Gasteiger partial charge < -0.3 is 14.5 Å². The highest BCUT2D eigenvalue weighted by Crippen LogP contribution is 2.25. The molecule has 0 N–H and O–H groups in total. The number of fused-ring (bicyclic) bond motifs is 1. The van der Waals surface area contributed by atoms with Gasteiger partial charge in [0.05, 0.1) is 18.8 Å². The summed E-state index contributed by atoms with van der Waals surface area (Å²) in [5.41, 5.74) is 0.740. The average Bonchev–Trinajstić information content (AvgIpc) is 3.11. The van der Waals surface area contributed by atoms with E-state index in [1.807, 2.05) is 24.0 Å². The summed E-state index contributed by atoms with van der Waals surface area (Å²) >= 11 is 0. The summed E-state index contributed by atoms with van der Waals surface area (Å²) in [6.45, 7) is 7.11. The molecule has 0 aromatic carbocycles. The van der Waals surface area contributed by atoms with Crippen molar-refractivity contribution < 1.29 is 9.53 Å². The van der Waals surface area contributed by atoms with Crippen LogP contribution in [0.1, 0.15) is 26.7 Å². The number of morpholine rings is 1. The maximum atomic E-state index is 12.9. The summed E-state index contributed by atoms with van der Waals surface area (Å²) in [4.78, 5) is 17.1. The molecule has 0 saturated carbocycles. The summed E-state index contributed by atoms with van der Waals surface area (Å²) in [6, 6.07) is 4.06. The second-order valence-corrected chi connectivity index (χ2v) is 7.07. The molecule has 1 amide bonds. The number of ether oxygens (including phenoxy) is 1. The SMILES string of the molecule is C[C@@H]1CN(C(=O)C2CCN(c3ccc4nncn4n3)CC2)[C@H](C)CO1. The molecule has 25 heavy (non-hydrogen) atoms. The van der Waals surface area contributed by atoms with Crippen LogP contribution in [-0.4, -0.2) is 69.0 Å². The van der Waals surface area contributed by atoms with Crippen molar-refractivity contribution >= 4 is 17.4 Å². The number of hydrogen-bond donors (Lipinski definition) is 0. The Balaban J connectivity index is 1.39. The Morgan fingerprint density at radius 1 is 1.24 bits per heavy atom. The van der Waals surface area contributed by atoms with Crippen molar-refractivity contribution in [1.82, 2.24) is 24.7 Å². The Labute approximate surface area is 146 Å². The van der Waals surface area contributed by atoms with Gasteiger partial charge in [-0.3, -0.25) is 4.79 Å². The molecule has 2 saturated heterocycles. The molecule has 2 aliphatic heterocycles. The first kappa shape index (κ1) is 16.3. The predicted octanol–water partition coefficient (Wildman–Crippen LogP) is 0.977. The maximum Gasteiger partial charge on any atom is 0.226 e. The van der Waals surface area contributed by atoms with E-state index in [9.17, 15) is 4.79 Å². The lowest BCUT2D eigenvalue weighted by atomic mass is 9.94. The number of anilines is 1. The van der Waals surface area contributed by atoms with E-state index >= 15 is 0 Å². The van der Waals surface area contributed by atoms with E-state index in [0.717, 1.165) is 37.4 Å². The van der Waals surface area contributed by atoms with Gasteiger partial charge in [0.15, 0.2) is 5.65 Å². The Bertz CT molecular complexity index is 754. The molecule has 8 nitrogen and oxygen atoms in total. The Morgan fingerprint density at radius 3 is 2.84 bits per heavy atom. The molecule has 0 unspecified atom stereocenters. The van der Waals surface area contributed by atoms with E-state index in [1.165, 1.54) is 0 Å². The van der Waals surface area contributed by atoms with E-state index in [4.69, 9.17) is 4.74 Å². The molecule has 2 atom stereocenters. The van der Waals surface area contributed by atoms with Crippen molar-refractivity contribution in [2.24, 2.45) is 5.92 Å². The molecule has 0 radical (unpaired) electrons. The van der Waals surface area contributed by atoms with Crippen LogP contribution in [0.2, 0.25) is 0 Å². The van der Waals surface area contributed by atoms with E-state index in [2.05, 4.69) is 27.1 Å². The number of rotatable bonds is 2. The Morgan fingerprint density at radius 2 is 2.04 bits per heavy atom. The standard InChI is InChI=1S/C17H24N6O2/c1-12-10-25-13(2)9-22(12)17(24)14-5-7-21(8-6-14)16-4-3-15-19-18-11-23(15)20-16/h3-4,11-14H,5-10H2,1-2H3/t12-,13-/m1/s1. The number of carbonyl (C=O) groups excluding carboxylic acids is 1. The largest absolute Gasteiger partial charge is 0.375 e. The highest BCUT2D eigenvalue weighted by atomic mass is 16.5. The molecule has 0 bridgehead atoms.